The Morgan fingerprint density at radius 2 is 1.90 bits per heavy atom. The van der Waals surface area contributed by atoms with Gasteiger partial charge in [0.25, 0.3) is 0 Å². The van der Waals surface area contributed by atoms with Crippen molar-refractivity contribution in [2.45, 2.75) is 25.8 Å². The van der Waals surface area contributed by atoms with Gasteiger partial charge in [0, 0.05) is 37.5 Å². The molecule has 0 bridgehead atoms. The number of hydrogen-bond donors (Lipinski definition) is 1. The zero-order chi connectivity index (χ0) is 21.2. The van der Waals surface area contributed by atoms with E-state index in [0.29, 0.717) is 35.9 Å². The Balaban J connectivity index is 1.18. The summed E-state index contributed by atoms with van der Waals surface area (Å²) >= 11 is 0. The third-order valence-corrected chi connectivity index (χ3v) is 5.79. The van der Waals surface area contributed by atoms with Crippen molar-refractivity contribution >= 4 is 17.0 Å². The van der Waals surface area contributed by atoms with Gasteiger partial charge in [0.2, 0.25) is 5.91 Å². The number of likely N-dealkylation sites (tertiary alicyclic amines) is 1. The van der Waals surface area contributed by atoms with E-state index in [9.17, 15) is 9.59 Å². The first-order chi connectivity index (χ1) is 15.2. The van der Waals surface area contributed by atoms with Crippen LogP contribution in [-0.2, 0) is 17.8 Å². The molecule has 1 N–H and O–H groups in total. The maximum Gasteiger partial charge on any atom is 0.420 e. The van der Waals surface area contributed by atoms with Crippen molar-refractivity contribution in [3.8, 4) is 11.4 Å². The molecule has 5 rings (SSSR count). The molecule has 9 nitrogen and oxygen atoms in total. The van der Waals surface area contributed by atoms with Crippen LogP contribution in [0.25, 0.3) is 22.5 Å². The largest absolute Gasteiger partial charge is 0.420 e. The number of H-pyrrole nitrogens is 1. The minimum atomic E-state index is -0.500. The fraction of sp³-hybridized carbons (Fsp3) is 0.318. The molecular formula is C22H22N6O3. The highest BCUT2D eigenvalue weighted by Crippen LogP contribution is 2.22. The van der Waals surface area contributed by atoms with Crippen LogP contribution in [0.1, 0.15) is 18.7 Å². The average molecular weight is 418 g/mol. The summed E-state index contributed by atoms with van der Waals surface area (Å²) in [4.78, 5) is 35.3. The molecule has 0 unspecified atom stereocenters. The van der Waals surface area contributed by atoms with E-state index < -0.39 is 5.76 Å². The van der Waals surface area contributed by atoms with Crippen LogP contribution in [0.15, 0.2) is 58.0 Å². The molecule has 0 saturated carbocycles. The number of rotatable bonds is 5. The Hall–Kier alpha value is -3.75. The number of aromatic amines is 1. The second kappa shape index (κ2) is 8.17. The third-order valence-electron chi connectivity index (χ3n) is 5.79. The van der Waals surface area contributed by atoms with E-state index in [-0.39, 0.29) is 12.5 Å². The SMILES string of the molecule is O=C(Cn1c(=O)oc2ccccc21)N1CCC(Cc2nc(-c3ccncc3)n[nH]2)CC1. The second-order valence-electron chi connectivity index (χ2n) is 7.79. The minimum absolute atomic E-state index is 0.00207. The van der Waals surface area contributed by atoms with E-state index in [1.54, 1.807) is 30.6 Å². The summed E-state index contributed by atoms with van der Waals surface area (Å²) in [5.41, 5.74) is 2.07. The number of benzene rings is 1. The Morgan fingerprint density at radius 3 is 2.71 bits per heavy atom. The lowest BCUT2D eigenvalue weighted by Gasteiger charge is -2.31. The third kappa shape index (κ3) is 3.98. The zero-order valence-electron chi connectivity index (χ0n) is 16.9. The highest BCUT2D eigenvalue weighted by molar-refractivity contribution is 5.79. The van der Waals surface area contributed by atoms with E-state index in [0.717, 1.165) is 30.7 Å². The van der Waals surface area contributed by atoms with Gasteiger partial charge < -0.3 is 9.32 Å². The first-order valence-corrected chi connectivity index (χ1v) is 10.4. The first kappa shape index (κ1) is 19.2. The molecule has 1 fully saturated rings. The lowest BCUT2D eigenvalue weighted by Crippen LogP contribution is -2.41. The van der Waals surface area contributed by atoms with Gasteiger partial charge in [-0.15, -0.1) is 0 Å². The smallest absolute Gasteiger partial charge is 0.408 e. The lowest BCUT2D eigenvalue weighted by molar-refractivity contribution is -0.133. The molecule has 1 aliphatic rings. The van der Waals surface area contributed by atoms with Gasteiger partial charge in [0.1, 0.15) is 12.4 Å². The standard InChI is InChI=1S/C22H22N6O3/c29-20(14-28-17-3-1-2-4-18(17)31-22(28)30)27-11-7-15(8-12-27)13-19-24-21(26-25-19)16-5-9-23-10-6-16/h1-6,9-10,15H,7-8,11-14H2,(H,24,25,26). The Morgan fingerprint density at radius 1 is 1.13 bits per heavy atom. The van der Waals surface area contributed by atoms with Crippen LogP contribution in [0, 0.1) is 5.92 Å². The fourth-order valence-corrected chi connectivity index (χ4v) is 4.08. The number of hydrogen-bond acceptors (Lipinski definition) is 6. The molecule has 0 atom stereocenters. The second-order valence-corrected chi connectivity index (χ2v) is 7.79. The molecular weight excluding hydrogens is 396 g/mol. The first-order valence-electron chi connectivity index (χ1n) is 10.4. The molecule has 1 saturated heterocycles. The molecule has 9 heteroatoms. The number of pyridine rings is 1. The van der Waals surface area contributed by atoms with Crippen LogP contribution in [0.2, 0.25) is 0 Å². The van der Waals surface area contributed by atoms with Crippen molar-refractivity contribution in [2.24, 2.45) is 5.92 Å². The number of oxazole rings is 1. The number of nitrogens with one attached hydrogen (secondary N) is 1. The van der Waals surface area contributed by atoms with Gasteiger partial charge in [-0.3, -0.25) is 19.4 Å². The summed E-state index contributed by atoms with van der Waals surface area (Å²) < 4.78 is 6.62. The van der Waals surface area contributed by atoms with Gasteiger partial charge in [-0.2, -0.15) is 5.10 Å². The van der Waals surface area contributed by atoms with Crippen molar-refractivity contribution in [3.63, 3.8) is 0 Å². The fourth-order valence-electron chi connectivity index (χ4n) is 4.08. The molecule has 158 valence electrons. The number of fused-ring (bicyclic) bond motifs is 1. The summed E-state index contributed by atoms with van der Waals surface area (Å²) in [6, 6.07) is 10.9. The Labute approximate surface area is 177 Å². The highest BCUT2D eigenvalue weighted by Gasteiger charge is 2.25. The number of nitrogens with zero attached hydrogens (tertiary/aromatic N) is 5. The topological polar surface area (TPSA) is 110 Å². The molecule has 3 aromatic heterocycles. The predicted molar refractivity (Wildman–Crippen MR) is 113 cm³/mol. The van der Waals surface area contributed by atoms with Gasteiger partial charge in [-0.25, -0.2) is 9.78 Å². The van der Waals surface area contributed by atoms with Crippen LogP contribution >= 0.6 is 0 Å². The molecule has 4 heterocycles. The minimum Gasteiger partial charge on any atom is -0.408 e. The van der Waals surface area contributed by atoms with E-state index in [2.05, 4.69) is 20.2 Å². The van der Waals surface area contributed by atoms with Gasteiger partial charge in [0.15, 0.2) is 11.4 Å². The number of carbonyl (C=O) groups excluding carboxylic acids is 1. The van der Waals surface area contributed by atoms with Crippen molar-refractivity contribution in [1.82, 2.24) is 29.6 Å². The number of carbonyl (C=O) groups is 1. The van der Waals surface area contributed by atoms with E-state index >= 15 is 0 Å². The monoisotopic (exact) mass is 418 g/mol. The van der Waals surface area contributed by atoms with Crippen LogP contribution in [0.4, 0.5) is 0 Å². The number of piperidine rings is 1. The van der Waals surface area contributed by atoms with E-state index in [1.807, 2.05) is 23.1 Å². The Bertz CT molecular complexity index is 1250. The van der Waals surface area contributed by atoms with Gasteiger partial charge in [0.05, 0.1) is 5.52 Å². The molecule has 31 heavy (non-hydrogen) atoms. The summed E-state index contributed by atoms with van der Waals surface area (Å²) in [6.07, 6.45) is 6.01. The molecule has 1 aliphatic heterocycles. The molecule has 4 aromatic rings. The summed E-state index contributed by atoms with van der Waals surface area (Å²) in [5.74, 6) is 1.39. The van der Waals surface area contributed by atoms with Crippen LogP contribution in [0.5, 0.6) is 0 Å². The summed E-state index contributed by atoms with van der Waals surface area (Å²) in [6.45, 7) is 1.33. The maximum atomic E-state index is 12.8. The average Bonchev–Trinajstić information content (AvgIpc) is 3.39. The molecule has 0 spiro atoms. The number of para-hydroxylation sites is 2. The van der Waals surface area contributed by atoms with E-state index in [1.165, 1.54) is 4.57 Å². The van der Waals surface area contributed by atoms with E-state index in [4.69, 9.17) is 4.42 Å². The van der Waals surface area contributed by atoms with Gasteiger partial charge in [-0.1, -0.05) is 12.1 Å². The van der Waals surface area contributed by atoms with Gasteiger partial charge in [-0.05, 0) is 43.0 Å². The molecule has 0 radical (unpaired) electrons. The molecule has 0 aliphatic carbocycles. The summed E-state index contributed by atoms with van der Waals surface area (Å²) in [5, 5.41) is 7.33. The van der Waals surface area contributed by atoms with Crippen molar-refractivity contribution in [1.29, 1.82) is 0 Å². The number of amides is 1. The quantitative estimate of drug-likeness (QED) is 0.532. The van der Waals surface area contributed by atoms with Crippen molar-refractivity contribution in [3.05, 3.63) is 65.2 Å². The molecule has 1 aromatic carbocycles. The van der Waals surface area contributed by atoms with Crippen LogP contribution in [0.3, 0.4) is 0 Å². The number of aromatic nitrogens is 5. The van der Waals surface area contributed by atoms with Crippen LogP contribution in [-0.4, -0.2) is 48.6 Å². The predicted octanol–water partition coefficient (Wildman–Crippen LogP) is 2.26. The highest BCUT2D eigenvalue weighted by atomic mass is 16.4. The summed E-state index contributed by atoms with van der Waals surface area (Å²) in [7, 11) is 0. The van der Waals surface area contributed by atoms with Crippen molar-refractivity contribution < 1.29 is 9.21 Å². The maximum absolute atomic E-state index is 12.8. The van der Waals surface area contributed by atoms with Crippen molar-refractivity contribution in [2.75, 3.05) is 13.1 Å². The zero-order valence-corrected chi connectivity index (χ0v) is 16.9. The van der Waals surface area contributed by atoms with Crippen LogP contribution < -0.4 is 5.76 Å². The molecule has 1 amide bonds. The van der Waals surface area contributed by atoms with Gasteiger partial charge >= 0.3 is 5.76 Å². The normalized spacial score (nSPS) is 14.9. The lowest BCUT2D eigenvalue weighted by atomic mass is 9.93. The Kier molecular flexibility index (Phi) is 5.07.